The molecule has 1 aliphatic carbocycles. The number of aromatic nitrogens is 2. The lowest BCUT2D eigenvalue weighted by Crippen LogP contribution is -2.38. The van der Waals surface area contributed by atoms with E-state index in [-0.39, 0.29) is 0 Å². The molecule has 1 aromatic heterocycles. The molecule has 1 heterocycles. The van der Waals surface area contributed by atoms with E-state index in [1.807, 2.05) is 19.3 Å². The van der Waals surface area contributed by atoms with Crippen LogP contribution in [0.5, 0.6) is 0 Å². The van der Waals surface area contributed by atoms with Gasteiger partial charge in [0, 0.05) is 26.3 Å². The molecule has 1 aromatic rings. The third-order valence-electron chi connectivity index (χ3n) is 2.35. The van der Waals surface area contributed by atoms with Crippen LogP contribution in [0.2, 0.25) is 0 Å². The molecule has 0 saturated heterocycles. The minimum Gasteiger partial charge on any atom is -0.354 e. The topological polar surface area (TPSA) is 54.2 Å². The molecule has 0 aromatic carbocycles. The van der Waals surface area contributed by atoms with Gasteiger partial charge < -0.3 is 10.6 Å². The maximum absolute atomic E-state index is 4.28. The number of aliphatic imine (C=N–C) groups is 1. The van der Waals surface area contributed by atoms with E-state index in [9.17, 15) is 0 Å². The minimum absolute atomic E-state index is 0.625. The Morgan fingerprint density at radius 3 is 3.00 bits per heavy atom. The van der Waals surface area contributed by atoms with Crippen molar-refractivity contribution in [2.45, 2.75) is 25.4 Å². The Morgan fingerprint density at radius 2 is 2.47 bits per heavy atom. The van der Waals surface area contributed by atoms with Gasteiger partial charge in [0.1, 0.15) is 0 Å². The van der Waals surface area contributed by atoms with E-state index in [1.54, 1.807) is 11.7 Å². The van der Waals surface area contributed by atoms with E-state index >= 15 is 0 Å². The zero-order chi connectivity index (χ0) is 10.7. The van der Waals surface area contributed by atoms with Crippen LogP contribution in [-0.2, 0) is 13.6 Å². The maximum atomic E-state index is 4.28. The van der Waals surface area contributed by atoms with Crippen LogP contribution >= 0.6 is 0 Å². The van der Waals surface area contributed by atoms with Crippen LogP contribution in [0.25, 0.3) is 0 Å². The lowest BCUT2D eigenvalue weighted by atomic mass is 10.4. The molecule has 5 heteroatoms. The van der Waals surface area contributed by atoms with Gasteiger partial charge in [-0.3, -0.25) is 9.67 Å². The number of aryl methyl sites for hydroxylation is 1. The van der Waals surface area contributed by atoms with Gasteiger partial charge in [0.25, 0.3) is 0 Å². The van der Waals surface area contributed by atoms with Gasteiger partial charge in [-0.05, 0) is 18.9 Å². The summed E-state index contributed by atoms with van der Waals surface area (Å²) in [6, 6.07) is 2.62. The third-order valence-corrected chi connectivity index (χ3v) is 2.35. The molecule has 0 atom stereocenters. The van der Waals surface area contributed by atoms with Gasteiger partial charge in [0.05, 0.1) is 12.2 Å². The van der Waals surface area contributed by atoms with Crippen LogP contribution in [0.3, 0.4) is 0 Å². The number of hydrogen-bond acceptors (Lipinski definition) is 2. The molecular formula is C10H17N5. The standard InChI is InChI=1S/C10H17N5/c1-11-10(13-8-3-4-8)12-7-9-5-6-15(2)14-9/h5-6,8H,3-4,7H2,1-2H3,(H2,11,12,13). The first-order valence-corrected chi connectivity index (χ1v) is 5.23. The van der Waals surface area contributed by atoms with Gasteiger partial charge in [0.2, 0.25) is 0 Å². The number of nitrogens with one attached hydrogen (secondary N) is 2. The smallest absolute Gasteiger partial charge is 0.191 e. The van der Waals surface area contributed by atoms with Gasteiger partial charge in [0.15, 0.2) is 5.96 Å². The van der Waals surface area contributed by atoms with Crippen LogP contribution in [0.15, 0.2) is 17.3 Å². The summed E-state index contributed by atoms with van der Waals surface area (Å²) in [5, 5.41) is 10.8. The van der Waals surface area contributed by atoms with Gasteiger partial charge in [-0.2, -0.15) is 5.10 Å². The minimum atomic E-state index is 0.625. The Bertz CT molecular complexity index is 350. The van der Waals surface area contributed by atoms with Crippen LogP contribution < -0.4 is 10.6 Å². The zero-order valence-electron chi connectivity index (χ0n) is 9.20. The molecule has 0 radical (unpaired) electrons. The molecule has 82 valence electrons. The van der Waals surface area contributed by atoms with Crippen molar-refractivity contribution in [3.8, 4) is 0 Å². The summed E-state index contributed by atoms with van der Waals surface area (Å²) in [6.45, 7) is 0.716. The van der Waals surface area contributed by atoms with Crippen molar-refractivity contribution in [1.82, 2.24) is 20.4 Å². The molecule has 1 aliphatic rings. The highest BCUT2D eigenvalue weighted by atomic mass is 15.3. The molecule has 0 spiro atoms. The van der Waals surface area contributed by atoms with Gasteiger partial charge >= 0.3 is 0 Å². The Morgan fingerprint density at radius 1 is 1.67 bits per heavy atom. The highest BCUT2D eigenvalue weighted by molar-refractivity contribution is 5.80. The first kappa shape index (κ1) is 10.0. The fourth-order valence-electron chi connectivity index (χ4n) is 1.35. The molecule has 15 heavy (non-hydrogen) atoms. The van der Waals surface area contributed by atoms with Crippen molar-refractivity contribution in [2.24, 2.45) is 12.0 Å². The van der Waals surface area contributed by atoms with Crippen LogP contribution in [0, 0.1) is 0 Å². The van der Waals surface area contributed by atoms with Crippen molar-refractivity contribution < 1.29 is 0 Å². The lowest BCUT2D eigenvalue weighted by Gasteiger charge is -2.09. The largest absolute Gasteiger partial charge is 0.354 e. The van der Waals surface area contributed by atoms with Crippen molar-refractivity contribution in [3.05, 3.63) is 18.0 Å². The predicted octanol–water partition coefficient (Wildman–Crippen LogP) is 0.247. The fourth-order valence-corrected chi connectivity index (χ4v) is 1.35. The number of rotatable bonds is 3. The molecule has 2 rings (SSSR count). The first-order chi connectivity index (χ1) is 7.28. The average molecular weight is 207 g/mol. The second kappa shape index (κ2) is 4.33. The second-order valence-electron chi connectivity index (χ2n) is 3.83. The highest BCUT2D eigenvalue weighted by Gasteiger charge is 2.21. The quantitative estimate of drug-likeness (QED) is 0.552. The van der Waals surface area contributed by atoms with Crippen LogP contribution in [0.4, 0.5) is 0 Å². The first-order valence-electron chi connectivity index (χ1n) is 5.23. The summed E-state index contributed by atoms with van der Waals surface area (Å²) in [7, 11) is 3.71. The highest BCUT2D eigenvalue weighted by Crippen LogP contribution is 2.18. The SMILES string of the molecule is CN=C(NCc1ccn(C)n1)NC1CC1. The molecule has 0 aliphatic heterocycles. The Hall–Kier alpha value is -1.52. The normalized spacial score (nSPS) is 16.5. The Kier molecular flexibility index (Phi) is 2.89. The summed E-state index contributed by atoms with van der Waals surface area (Å²) in [5.74, 6) is 0.864. The van der Waals surface area contributed by atoms with E-state index in [0.717, 1.165) is 11.7 Å². The molecular weight excluding hydrogens is 190 g/mol. The van der Waals surface area contributed by atoms with E-state index in [4.69, 9.17) is 0 Å². The molecule has 5 nitrogen and oxygen atoms in total. The maximum Gasteiger partial charge on any atom is 0.191 e. The summed E-state index contributed by atoms with van der Waals surface area (Å²) in [6.07, 6.45) is 4.45. The summed E-state index contributed by atoms with van der Waals surface area (Å²) >= 11 is 0. The van der Waals surface area contributed by atoms with Crippen LogP contribution in [0.1, 0.15) is 18.5 Å². The molecule has 0 unspecified atom stereocenters. The second-order valence-corrected chi connectivity index (χ2v) is 3.83. The molecule has 0 amide bonds. The van der Waals surface area contributed by atoms with Crippen molar-refractivity contribution in [1.29, 1.82) is 0 Å². The average Bonchev–Trinajstić information content (AvgIpc) is 2.95. The van der Waals surface area contributed by atoms with E-state index in [1.165, 1.54) is 12.8 Å². The van der Waals surface area contributed by atoms with E-state index < -0.39 is 0 Å². The van der Waals surface area contributed by atoms with Gasteiger partial charge in [-0.15, -0.1) is 0 Å². The zero-order valence-corrected chi connectivity index (χ0v) is 9.20. The monoisotopic (exact) mass is 207 g/mol. The summed E-state index contributed by atoms with van der Waals surface area (Å²) in [5.41, 5.74) is 1.02. The van der Waals surface area contributed by atoms with Gasteiger partial charge in [-0.1, -0.05) is 0 Å². The summed E-state index contributed by atoms with van der Waals surface area (Å²) < 4.78 is 1.80. The number of guanidine groups is 1. The van der Waals surface area contributed by atoms with Crippen molar-refractivity contribution in [3.63, 3.8) is 0 Å². The Labute approximate surface area is 89.6 Å². The number of hydrogen-bond donors (Lipinski definition) is 2. The van der Waals surface area contributed by atoms with Gasteiger partial charge in [-0.25, -0.2) is 0 Å². The third kappa shape index (κ3) is 2.97. The lowest BCUT2D eigenvalue weighted by molar-refractivity contribution is 0.721. The van der Waals surface area contributed by atoms with E-state index in [0.29, 0.717) is 12.6 Å². The Balaban J connectivity index is 1.80. The predicted molar refractivity (Wildman–Crippen MR) is 59.6 cm³/mol. The molecule has 1 fully saturated rings. The molecule has 1 saturated carbocycles. The fraction of sp³-hybridized carbons (Fsp3) is 0.600. The van der Waals surface area contributed by atoms with Crippen LogP contribution in [-0.4, -0.2) is 28.8 Å². The molecule has 0 bridgehead atoms. The molecule has 2 N–H and O–H groups in total. The van der Waals surface area contributed by atoms with Crippen molar-refractivity contribution >= 4 is 5.96 Å². The van der Waals surface area contributed by atoms with Crippen molar-refractivity contribution in [2.75, 3.05) is 7.05 Å². The summed E-state index contributed by atoms with van der Waals surface area (Å²) in [4.78, 5) is 4.15. The van der Waals surface area contributed by atoms with E-state index in [2.05, 4.69) is 20.7 Å². The number of nitrogens with zero attached hydrogens (tertiary/aromatic N) is 3.